The molecule has 2 aliphatic rings. The van der Waals surface area contributed by atoms with Crippen molar-refractivity contribution < 1.29 is 43.8 Å². The molecule has 1 aromatic heterocycles. The Morgan fingerprint density at radius 3 is 2.59 bits per heavy atom. The number of hydrogen-bond acceptors (Lipinski definition) is 10. The molecule has 0 radical (unpaired) electrons. The first-order valence-corrected chi connectivity index (χ1v) is 10.9. The van der Waals surface area contributed by atoms with E-state index in [0.717, 1.165) is 0 Å². The Balaban J connectivity index is 1.50. The lowest BCUT2D eigenvalue weighted by Crippen LogP contribution is -2.60. The van der Waals surface area contributed by atoms with Crippen LogP contribution in [0, 0.1) is 0 Å². The zero-order chi connectivity index (χ0) is 24.0. The highest BCUT2D eigenvalue weighted by Crippen LogP contribution is 2.36. The van der Waals surface area contributed by atoms with Gasteiger partial charge >= 0.3 is 0 Å². The van der Waals surface area contributed by atoms with E-state index in [4.69, 9.17) is 23.4 Å². The summed E-state index contributed by atoms with van der Waals surface area (Å²) in [5.41, 5.74) is 1.63. The number of rotatable bonds is 5. The van der Waals surface area contributed by atoms with E-state index in [1.807, 2.05) is 6.92 Å². The van der Waals surface area contributed by atoms with Crippen molar-refractivity contribution in [3.8, 4) is 28.4 Å². The molecule has 0 saturated carbocycles. The summed E-state index contributed by atoms with van der Waals surface area (Å²) in [5.74, 6) is 1.44. The van der Waals surface area contributed by atoms with Crippen LogP contribution < -0.4 is 19.6 Å². The number of aryl methyl sites for hydroxylation is 1. The molecular formula is C24H24O10. The molecule has 4 N–H and O–H groups in total. The van der Waals surface area contributed by atoms with Crippen molar-refractivity contribution in [2.24, 2.45) is 0 Å². The van der Waals surface area contributed by atoms with E-state index in [1.165, 1.54) is 12.3 Å². The fraction of sp³-hybridized carbons (Fsp3) is 0.375. The highest BCUT2D eigenvalue weighted by molar-refractivity contribution is 5.84. The second kappa shape index (κ2) is 8.90. The maximum absolute atomic E-state index is 13.3. The van der Waals surface area contributed by atoms with Crippen molar-refractivity contribution in [3.63, 3.8) is 0 Å². The number of hydrogen-bond donors (Lipinski definition) is 4. The predicted molar refractivity (Wildman–Crippen MR) is 118 cm³/mol. The molecule has 1 fully saturated rings. The van der Waals surface area contributed by atoms with Crippen LogP contribution in [0.25, 0.3) is 22.1 Å². The molecule has 34 heavy (non-hydrogen) atoms. The van der Waals surface area contributed by atoms with Gasteiger partial charge in [0.2, 0.25) is 18.5 Å². The minimum absolute atomic E-state index is 0.127. The Morgan fingerprint density at radius 2 is 1.82 bits per heavy atom. The molecule has 5 rings (SSSR count). The maximum atomic E-state index is 13.3. The fourth-order valence-electron chi connectivity index (χ4n) is 4.14. The highest BCUT2D eigenvalue weighted by atomic mass is 16.7. The number of benzene rings is 2. The van der Waals surface area contributed by atoms with Crippen LogP contribution >= 0.6 is 0 Å². The van der Waals surface area contributed by atoms with Gasteiger partial charge in [0.05, 0.1) is 17.6 Å². The average Bonchev–Trinajstić information content (AvgIpc) is 3.32. The predicted octanol–water partition coefficient (Wildman–Crippen LogP) is 0.930. The highest BCUT2D eigenvalue weighted by Gasteiger charge is 2.44. The van der Waals surface area contributed by atoms with Gasteiger partial charge in [0.1, 0.15) is 42.0 Å². The van der Waals surface area contributed by atoms with Gasteiger partial charge in [0, 0.05) is 6.07 Å². The van der Waals surface area contributed by atoms with Gasteiger partial charge in [-0.15, -0.1) is 0 Å². The summed E-state index contributed by atoms with van der Waals surface area (Å²) in [5, 5.41) is 40.0. The third-order valence-corrected chi connectivity index (χ3v) is 6.11. The Labute approximate surface area is 193 Å². The quantitative estimate of drug-likeness (QED) is 0.423. The lowest BCUT2D eigenvalue weighted by Gasteiger charge is -2.39. The monoisotopic (exact) mass is 472 g/mol. The van der Waals surface area contributed by atoms with Crippen LogP contribution in [0.5, 0.6) is 17.2 Å². The van der Waals surface area contributed by atoms with Crippen molar-refractivity contribution in [1.29, 1.82) is 0 Å². The molecule has 0 spiro atoms. The van der Waals surface area contributed by atoms with Crippen LogP contribution in [0.4, 0.5) is 0 Å². The van der Waals surface area contributed by atoms with E-state index in [1.54, 1.807) is 24.3 Å². The zero-order valence-electron chi connectivity index (χ0n) is 18.2. The van der Waals surface area contributed by atoms with Gasteiger partial charge in [0.25, 0.3) is 0 Å². The molecule has 1 saturated heterocycles. The first-order chi connectivity index (χ1) is 16.4. The molecule has 10 nitrogen and oxygen atoms in total. The average molecular weight is 472 g/mol. The molecule has 2 aliphatic heterocycles. The van der Waals surface area contributed by atoms with E-state index < -0.39 is 37.3 Å². The van der Waals surface area contributed by atoms with Crippen LogP contribution in [0.1, 0.15) is 12.5 Å². The van der Waals surface area contributed by atoms with Gasteiger partial charge < -0.3 is 43.8 Å². The van der Waals surface area contributed by atoms with Gasteiger partial charge in [-0.2, -0.15) is 0 Å². The maximum Gasteiger partial charge on any atom is 0.231 e. The van der Waals surface area contributed by atoms with Gasteiger partial charge in [-0.3, -0.25) is 4.79 Å². The molecule has 2 aromatic carbocycles. The zero-order valence-corrected chi connectivity index (χ0v) is 18.2. The smallest absolute Gasteiger partial charge is 0.231 e. The van der Waals surface area contributed by atoms with Gasteiger partial charge in [-0.05, 0) is 35.7 Å². The minimum Gasteiger partial charge on any atom is -0.463 e. The first kappa shape index (κ1) is 22.6. The van der Waals surface area contributed by atoms with Crippen molar-refractivity contribution in [1.82, 2.24) is 0 Å². The first-order valence-electron chi connectivity index (χ1n) is 10.9. The molecule has 0 bridgehead atoms. The van der Waals surface area contributed by atoms with Crippen LogP contribution in [-0.4, -0.2) is 64.5 Å². The van der Waals surface area contributed by atoms with Crippen molar-refractivity contribution in [3.05, 3.63) is 52.4 Å². The summed E-state index contributed by atoms with van der Waals surface area (Å²) in [7, 11) is 0. The summed E-state index contributed by atoms with van der Waals surface area (Å²) >= 11 is 0. The Morgan fingerprint density at radius 1 is 1.03 bits per heavy atom. The molecule has 3 aromatic rings. The molecule has 180 valence electrons. The third-order valence-electron chi connectivity index (χ3n) is 6.11. The van der Waals surface area contributed by atoms with Crippen molar-refractivity contribution in [2.75, 3.05) is 13.4 Å². The van der Waals surface area contributed by atoms with Crippen molar-refractivity contribution in [2.45, 2.75) is 44.1 Å². The number of ether oxygens (including phenoxy) is 4. The summed E-state index contributed by atoms with van der Waals surface area (Å²) in [6.45, 7) is 1.42. The van der Waals surface area contributed by atoms with Gasteiger partial charge in [-0.1, -0.05) is 13.0 Å². The topological polar surface area (TPSA) is 148 Å². The number of aliphatic hydroxyl groups excluding tert-OH is 4. The lowest BCUT2D eigenvalue weighted by molar-refractivity contribution is -0.277. The summed E-state index contributed by atoms with van der Waals surface area (Å²) < 4.78 is 27.7. The van der Waals surface area contributed by atoms with E-state index in [0.29, 0.717) is 40.0 Å². The van der Waals surface area contributed by atoms with E-state index in [2.05, 4.69) is 0 Å². The van der Waals surface area contributed by atoms with Crippen LogP contribution in [0.2, 0.25) is 0 Å². The fourth-order valence-corrected chi connectivity index (χ4v) is 4.14. The standard InChI is InChI=1S/C24H24O10/c1-2-11-5-13-17(7-16(11)33-24-23(29)22(28)21(27)19(8-25)34-24)30-9-14(20(13)26)12-3-4-15-18(6-12)32-10-31-15/h3-7,9,19,21-25,27-29H,2,8,10H2,1H3/t19-,21-,22+,23+,24+/m1/s1. The van der Waals surface area contributed by atoms with Crippen LogP contribution in [-0.2, 0) is 11.2 Å². The van der Waals surface area contributed by atoms with E-state index >= 15 is 0 Å². The number of aliphatic hydroxyl groups is 4. The molecule has 3 heterocycles. The minimum atomic E-state index is -1.57. The summed E-state index contributed by atoms with van der Waals surface area (Å²) in [4.78, 5) is 13.3. The molecule has 0 amide bonds. The molecule has 5 atom stereocenters. The molecule has 10 heteroatoms. The largest absolute Gasteiger partial charge is 0.463 e. The summed E-state index contributed by atoms with van der Waals surface area (Å²) in [6.07, 6.45) is -5.23. The molecule has 0 aliphatic carbocycles. The second-order valence-corrected chi connectivity index (χ2v) is 8.17. The lowest BCUT2D eigenvalue weighted by atomic mass is 9.99. The SMILES string of the molecule is CCc1cc2c(=O)c(-c3ccc4c(c3)OCO4)coc2cc1O[C@H]1O[C@H](CO)[C@@H](O)[C@H](O)[C@@H]1O. The number of fused-ring (bicyclic) bond motifs is 2. The molecule has 0 unspecified atom stereocenters. The molecular weight excluding hydrogens is 448 g/mol. The third kappa shape index (κ3) is 3.79. The van der Waals surface area contributed by atoms with Gasteiger partial charge in [-0.25, -0.2) is 0 Å². The Bertz CT molecular complexity index is 1270. The van der Waals surface area contributed by atoms with E-state index in [9.17, 15) is 25.2 Å². The second-order valence-electron chi connectivity index (χ2n) is 8.17. The van der Waals surface area contributed by atoms with E-state index in [-0.39, 0.29) is 23.6 Å². The Kier molecular flexibility index (Phi) is 5.92. The van der Waals surface area contributed by atoms with Gasteiger partial charge in [0.15, 0.2) is 11.5 Å². The van der Waals surface area contributed by atoms with Crippen molar-refractivity contribution >= 4 is 11.0 Å². The Hall–Kier alpha value is -3.15. The van der Waals surface area contributed by atoms with Crippen LogP contribution in [0.15, 0.2) is 45.8 Å². The normalized spacial score (nSPS) is 26.1. The van der Waals surface area contributed by atoms with Crippen LogP contribution in [0.3, 0.4) is 0 Å². The summed E-state index contributed by atoms with van der Waals surface area (Å²) in [6, 6.07) is 8.37.